The van der Waals surface area contributed by atoms with E-state index in [1.54, 1.807) is 6.92 Å². The zero-order chi connectivity index (χ0) is 13.7. The molecule has 0 aliphatic heterocycles. The second-order valence-corrected chi connectivity index (χ2v) is 3.83. The molecule has 0 saturated carbocycles. The average Bonchev–Trinajstić information content (AvgIpc) is 2.30. The van der Waals surface area contributed by atoms with Crippen LogP contribution in [0, 0.1) is 11.7 Å². The zero-order valence-electron chi connectivity index (χ0n) is 9.94. The van der Waals surface area contributed by atoms with Crippen LogP contribution in [0.2, 0.25) is 0 Å². The first-order chi connectivity index (χ1) is 8.49. The summed E-state index contributed by atoms with van der Waals surface area (Å²) in [7, 11) is 0. The standard InChI is InChI=1S/C12H15FN2O3/c1-2-7(6-14)11(16)15-10-5-8(13)3-4-9(10)12(17)18/h3-5,7H,2,6,14H2,1H3,(H,15,16)(H,17,18). The van der Waals surface area contributed by atoms with Crippen LogP contribution >= 0.6 is 0 Å². The van der Waals surface area contributed by atoms with Crippen LogP contribution < -0.4 is 11.1 Å². The Labute approximate surface area is 104 Å². The highest BCUT2D eigenvalue weighted by Crippen LogP contribution is 2.18. The number of hydrogen-bond acceptors (Lipinski definition) is 3. The Morgan fingerprint density at radius 2 is 2.17 bits per heavy atom. The molecule has 1 unspecified atom stereocenters. The fourth-order valence-electron chi connectivity index (χ4n) is 1.50. The largest absolute Gasteiger partial charge is 0.478 e. The van der Waals surface area contributed by atoms with Gasteiger partial charge in [0.15, 0.2) is 0 Å². The molecule has 0 spiro atoms. The van der Waals surface area contributed by atoms with Gasteiger partial charge in [-0.3, -0.25) is 4.79 Å². The van der Waals surface area contributed by atoms with Gasteiger partial charge in [-0.1, -0.05) is 6.92 Å². The molecule has 0 aliphatic carbocycles. The molecule has 1 aromatic rings. The van der Waals surface area contributed by atoms with E-state index in [2.05, 4.69) is 5.32 Å². The van der Waals surface area contributed by atoms with Crippen molar-refractivity contribution in [3.05, 3.63) is 29.6 Å². The normalized spacial score (nSPS) is 11.9. The number of halogens is 1. The number of carboxylic acids is 1. The molecule has 0 fully saturated rings. The molecule has 6 heteroatoms. The summed E-state index contributed by atoms with van der Waals surface area (Å²) in [6, 6.07) is 3.11. The summed E-state index contributed by atoms with van der Waals surface area (Å²) >= 11 is 0. The summed E-state index contributed by atoms with van der Waals surface area (Å²) in [4.78, 5) is 22.7. The van der Waals surface area contributed by atoms with Crippen LogP contribution in [0.15, 0.2) is 18.2 Å². The third-order valence-corrected chi connectivity index (χ3v) is 2.62. The van der Waals surface area contributed by atoms with Gasteiger partial charge in [-0.05, 0) is 24.6 Å². The van der Waals surface area contributed by atoms with Crippen LogP contribution in [0.25, 0.3) is 0 Å². The summed E-state index contributed by atoms with van der Waals surface area (Å²) in [5.74, 6) is -2.68. The van der Waals surface area contributed by atoms with Crippen LogP contribution in [0.3, 0.4) is 0 Å². The van der Waals surface area contributed by atoms with Gasteiger partial charge in [0.1, 0.15) is 5.82 Å². The smallest absolute Gasteiger partial charge is 0.337 e. The Bertz CT molecular complexity index is 459. The number of nitrogens with one attached hydrogen (secondary N) is 1. The van der Waals surface area contributed by atoms with Crippen molar-refractivity contribution in [2.45, 2.75) is 13.3 Å². The number of aromatic carboxylic acids is 1. The van der Waals surface area contributed by atoms with Crippen LogP contribution in [0.4, 0.5) is 10.1 Å². The number of rotatable bonds is 5. The van der Waals surface area contributed by atoms with Gasteiger partial charge in [0.25, 0.3) is 0 Å². The van der Waals surface area contributed by atoms with E-state index in [0.29, 0.717) is 6.42 Å². The molecule has 1 rings (SSSR count). The van der Waals surface area contributed by atoms with Crippen molar-refractivity contribution < 1.29 is 19.1 Å². The highest BCUT2D eigenvalue weighted by Gasteiger charge is 2.18. The zero-order valence-corrected chi connectivity index (χ0v) is 9.94. The first-order valence-electron chi connectivity index (χ1n) is 5.53. The SMILES string of the molecule is CCC(CN)C(=O)Nc1cc(F)ccc1C(=O)O. The monoisotopic (exact) mass is 254 g/mol. The van der Waals surface area contributed by atoms with Crippen molar-refractivity contribution in [2.24, 2.45) is 11.7 Å². The van der Waals surface area contributed by atoms with Crippen molar-refractivity contribution in [1.82, 2.24) is 0 Å². The summed E-state index contributed by atoms with van der Waals surface area (Å²) < 4.78 is 13.1. The van der Waals surface area contributed by atoms with Gasteiger partial charge in [-0.25, -0.2) is 9.18 Å². The molecule has 18 heavy (non-hydrogen) atoms. The molecule has 5 nitrogen and oxygen atoms in total. The number of amides is 1. The van der Waals surface area contributed by atoms with Crippen molar-refractivity contribution in [3.63, 3.8) is 0 Å². The summed E-state index contributed by atoms with van der Waals surface area (Å²) in [6.07, 6.45) is 0.528. The third-order valence-electron chi connectivity index (χ3n) is 2.62. The van der Waals surface area contributed by atoms with E-state index in [-0.39, 0.29) is 17.8 Å². The first-order valence-corrected chi connectivity index (χ1v) is 5.53. The number of carbonyl (C=O) groups excluding carboxylic acids is 1. The summed E-state index contributed by atoms with van der Waals surface area (Å²) in [6.45, 7) is 1.95. The lowest BCUT2D eigenvalue weighted by molar-refractivity contribution is -0.119. The molecular formula is C12H15FN2O3. The number of nitrogens with two attached hydrogens (primary N) is 1. The maximum atomic E-state index is 13.1. The molecule has 0 aliphatic rings. The van der Waals surface area contributed by atoms with Crippen molar-refractivity contribution >= 4 is 17.6 Å². The number of hydrogen-bond donors (Lipinski definition) is 3. The lowest BCUT2D eigenvalue weighted by Gasteiger charge is -2.14. The lowest BCUT2D eigenvalue weighted by atomic mass is 10.1. The van der Waals surface area contributed by atoms with Gasteiger partial charge in [-0.2, -0.15) is 0 Å². The number of carboxylic acid groups (broad SMARTS) is 1. The molecule has 0 saturated heterocycles. The van der Waals surface area contributed by atoms with Gasteiger partial charge in [0, 0.05) is 6.54 Å². The molecule has 4 N–H and O–H groups in total. The highest BCUT2D eigenvalue weighted by atomic mass is 19.1. The molecule has 1 aromatic carbocycles. The maximum absolute atomic E-state index is 13.1. The van der Waals surface area contributed by atoms with Gasteiger partial charge in [0.05, 0.1) is 17.2 Å². The minimum absolute atomic E-state index is 0.0561. The average molecular weight is 254 g/mol. The predicted molar refractivity (Wildman–Crippen MR) is 64.8 cm³/mol. The van der Waals surface area contributed by atoms with E-state index < -0.39 is 23.6 Å². The second kappa shape index (κ2) is 6.11. The number of benzene rings is 1. The fraction of sp³-hybridized carbons (Fsp3) is 0.333. The van der Waals surface area contributed by atoms with Crippen molar-refractivity contribution in [1.29, 1.82) is 0 Å². The molecule has 1 atom stereocenters. The van der Waals surface area contributed by atoms with E-state index in [1.807, 2.05) is 0 Å². The van der Waals surface area contributed by atoms with Gasteiger partial charge in [-0.15, -0.1) is 0 Å². The quantitative estimate of drug-likeness (QED) is 0.741. The Kier molecular flexibility index (Phi) is 4.79. The Balaban J connectivity index is 2.99. The predicted octanol–water partition coefficient (Wildman–Crippen LogP) is 1.45. The summed E-state index contributed by atoms with van der Waals surface area (Å²) in [5, 5.41) is 11.3. The fourth-order valence-corrected chi connectivity index (χ4v) is 1.50. The lowest BCUT2D eigenvalue weighted by Crippen LogP contribution is -2.29. The molecule has 0 radical (unpaired) electrons. The topological polar surface area (TPSA) is 92.4 Å². The molecular weight excluding hydrogens is 239 g/mol. The van der Waals surface area contributed by atoms with E-state index in [0.717, 1.165) is 18.2 Å². The molecule has 0 aromatic heterocycles. The molecule has 0 heterocycles. The van der Waals surface area contributed by atoms with E-state index in [9.17, 15) is 14.0 Å². The van der Waals surface area contributed by atoms with Gasteiger partial charge >= 0.3 is 5.97 Å². The van der Waals surface area contributed by atoms with Gasteiger partial charge in [0.2, 0.25) is 5.91 Å². The molecule has 0 bridgehead atoms. The van der Waals surface area contributed by atoms with Crippen LogP contribution in [-0.4, -0.2) is 23.5 Å². The van der Waals surface area contributed by atoms with Crippen LogP contribution in [0.5, 0.6) is 0 Å². The van der Waals surface area contributed by atoms with Gasteiger partial charge < -0.3 is 16.2 Å². The van der Waals surface area contributed by atoms with E-state index >= 15 is 0 Å². The Morgan fingerprint density at radius 1 is 1.50 bits per heavy atom. The van der Waals surface area contributed by atoms with Crippen LogP contribution in [0.1, 0.15) is 23.7 Å². The van der Waals surface area contributed by atoms with E-state index in [4.69, 9.17) is 10.8 Å². The molecule has 98 valence electrons. The number of anilines is 1. The van der Waals surface area contributed by atoms with E-state index in [1.165, 1.54) is 0 Å². The van der Waals surface area contributed by atoms with Crippen LogP contribution in [-0.2, 0) is 4.79 Å². The Morgan fingerprint density at radius 3 is 2.67 bits per heavy atom. The second-order valence-electron chi connectivity index (χ2n) is 3.83. The highest BCUT2D eigenvalue weighted by molar-refractivity contribution is 6.01. The minimum atomic E-state index is -1.23. The Hall–Kier alpha value is -1.95. The number of carbonyl (C=O) groups is 2. The summed E-state index contributed by atoms with van der Waals surface area (Å²) in [5.41, 5.74) is 5.20. The third kappa shape index (κ3) is 3.27. The minimum Gasteiger partial charge on any atom is -0.478 e. The maximum Gasteiger partial charge on any atom is 0.337 e. The van der Waals surface area contributed by atoms with Crippen molar-refractivity contribution in [3.8, 4) is 0 Å². The molecule has 1 amide bonds. The first kappa shape index (κ1) is 14.1. The van der Waals surface area contributed by atoms with Crippen molar-refractivity contribution in [2.75, 3.05) is 11.9 Å².